The zero-order valence-electron chi connectivity index (χ0n) is 8.99. The molecule has 0 amide bonds. The molecule has 0 aliphatic rings. The van der Waals surface area contributed by atoms with Gasteiger partial charge < -0.3 is 10.5 Å². The SMILES string of the molecule is Nc1cc(Cl)ccc1OCc1ccc(Cl)cc1. The van der Waals surface area contributed by atoms with E-state index in [1.54, 1.807) is 18.2 Å². The van der Waals surface area contributed by atoms with Crippen LogP contribution >= 0.6 is 23.2 Å². The van der Waals surface area contributed by atoms with Crippen molar-refractivity contribution in [2.24, 2.45) is 0 Å². The van der Waals surface area contributed by atoms with Crippen molar-refractivity contribution in [2.45, 2.75) is 6.61 Å². The second-order valence-corrected chi connectivity index (χ2v) is 4.47. The van der Waals surface area contributed by atoms with E-state index in [0.29, 0.717) is 28.1 Å². The number of benzene rings is 2. The minimum atomic E-state index is 0.447. The van der Waals surface area contributed by atoms with Crippen molar-refractivity contribution in [3.63, 3.8) is 0 Å². The molecular weight excluding hydrogens is 257 g/mol. The zero-order valence-corrected chi connectivity index (χ0v) is 10.5. The lowest BCUT2D eigenvalue weighted by molar-refractivity contribution is 0.308. The van der Waals surface area contributed by atoms with Gasteiger partial charge >= 0.3 is 0 Å². The van der Waals surface area contributed by atoms with Crippen LogP contribution in [0.3, 0.4) is 0 Å². The van der Waals surface area contributed by atoms with Crippen molar-refractivity contribution in [1.82, 2.24) is 0 Å². The fraction of sp³-hybridized carbons (Fsp3) is 0.0769. The Morgan fingerprint density at radius 3 is 2.24 bits per heavy atom. The van der Waals surface area contributed by atoms with E-state index in [-0.39, 0.29) is 0 Å². The molecule has 0 radical (unpaired) electrons. The van der Waals surface area contributed by atoms with Crippen molar-refractivity contribution in [3.05, 3.63) is 58.1 Å². The van der Waals surface area contributed by atoms with Crippen molar-refractivity contribution < 1.29 is 4.74 Å². The normalized spacial score (nSPS) is 10.2. The molecule has 0 heterocycles. The summed E-state index contributed by atoms with van der Waals surface area (Å²) in [6, 6.07) is 12.6. The number of nitrogen functional groups attached to an aromatic ring is 1. The molecule has 2 N–H and O–H groups in total. The van der Waals surface area contributed by atoms with Gasteiger partial charge in [0.2, 0.25) is 0 Å². The molecule has 2 rings (SSSR count). The van der Waals surface area contributed by atoms with Gasteiger partial charge in [-0.1, -0.05) is 35.3 Å². The van der Waals surface area contributed by atoms with E-state index in [0.717, 1.165) is 5.56 Å². The van der Waals surface area contributed by atoms with Crippen molar-refractivity contribution in [2.75, 3.05) is 5.73 Å². The Balaban J connectivity index is 2.04. The number of hydrogen-bond donors (Lipinski definition) is 1. The summed E-state index contributed by atoms with van der Waals surface area (Å²) in [6.45, 7) is 0.447. The highest BCUT2D eigenvalue weighted by molar-refractivity contribution is 6.31. The van der Waals surface area contributed by atoms with Gasteiger partial charge in [0.1, 0.15) is 12.4 Å². The molecule has 0 atom stereocenters. The Bertz CT molecular complexity index is 511. The Hall–Kier alpha value is -1.38. The summed E-state index contributed by atoms with van der Waals surface area (Å²) < 4.78 is 5.59. The van der Waals surface area contributed by atoms with E-state index in [1.165, 1.54) is 0 Å². The summed E-state index contributed by atoms with van der Waals surface area (Å²) in [6.07, 6.45) is 0. The van der Waals surface area contributed by atoms with Crippen molar-refractivity contribution >= 4 is 28.9 Å². The van der Waals surface area contributed by atoms with Gasteiger partial charge in [0.15, 0.2) is 0 Å². The highest BCUT2D eigenvalue weighted by Crippen LogP contribution is 2.25. The molecule has 0 aromatic heterocycles. The number of rotatable bonds is 3. The van der Waals surface area contributed by atoms with E-state index in [4.69, 9.17) is 33.7 Å². The molecule has 0 aliphatic heterocycles. The summed E-state index contributed by atoms with van der Waals surface area (Å²) >= 11 is 11.6. The summed E-state index contributed by atoms with van der Waals surface area (Å²) in [5.41, 5.74) is 7.34. The Morgan fingerprint density at radius 1 is 0.941 bits per heavy atom. The summed E-state index contributed by atoms with van der Waals surface area (Å²) in [4.78, 5) is 0. The average molecular weight is 268 g/mol. The fourth-order valence-corrected chi connectivity index (χ4v) is 1.70. The van der Waals surface area contributed by atoms with Gasteiger partial charge in [-0.15, -0.1) is 0 Å². The van der Waals surface area contributed by atoms with E-state index in [9.17, 15) is 0 Å². The Labute approximate surface area is 110 Å². The smallest absolute Gasteiger partial charge is 0.142 e. The molecule has 0 saturated carbocycles. The molecule has 0 fully saturated rings. The first kappa shape index (κ1) is 12.1. The number of nitrogens with two attached hydrogens (primary N) is 1. The lowest BCUT2D eigenvalue weighted by Gasteiger charge is -2.09. The third kappa shape index (κ3) is 3.29. The largest absolute Gasteiger partial charge is 0.487 e. The first-order chi connectivity index (χ1) is 8.15. The minimum Gasteiger partial charge on any atom is -0.487 e. The maximum Gasteiger partial charge on any atom is 0.142 e. The second-order valence-electron chi connectivity index (χ2n) is 3.60. The van der Waals surface area contributed by atoms with E-state index in [2.05, 4.69) is 0 Å². The molecule has 0 bridgehead atoms. The molecule has 88 valence electrons. The summed E-state index contributed by atoms with van der Waals surface area (Å²) in [7, 11) is 0. The molecule has 2 aromatic rings. The number of ether oxygens (including phenoxy) is 1. The Kier molecular flexibility index (Phi) is 3.77. The van der Waals surface area contributed by atoms with E-state index >= 15 is 0 Å². The fourth-order valence-electron chi connectivity index (χ4n) is 1.39. The molecular formula is C13H11Cl2NO. The van der Waals surface area contributed by atoms with Gasteiger partial charge in [-0.05, 0) is 35.9 Å². The van der Waals surface area contributed by atoms with Gasteiger partial charge in [0.05, 0.1) is 5.69 Å². The van der Waals surface area contributed by atoms with Crippen LogP contribution in [0.1, 0.15) is 5.56 Å². The molecule has 0 aliphatic carbocycles. The quantitative estimate of drug-likeness (QED) is 0.848. The van der Waals surface area contributed by atoms with Gasteiger partial charge in [0.25, 0.3) is 0 Å². The third-order valence-electron chi connectivity index (χ3n) is 2.28. The molecule has 4 heteroatoms. The predicted octanol–water partition coefficient (Wildman–Crippen LogP) is 4.15. The van der Waals surface area contributed by atoms with Crippen LogP contribution in [0.2, 0.25) is 10.0 Å². The highest BCUT2D eigenvalue weighted by atomic mass is 35.5. The number of hydrogen-bond acceptors (Lipinski definition) is 2. The first-order valence-corrected chi connectivity index (χ1v) is 5.83. The van der Waals surface area contributed by atoms with Crippen molar-refractivity contribution in [1.29, 1.82) is 0 Å². The van der Waals surface area contributed by atoms with Crippen LogP contribution in [-0.2, 0) is 6.61 Å². The van der Waals surface area contributed by atoms with Crippen LogP contribution in [0.4, 0.5) is 5.69 Å². The van der Waals surface area contributed by atoms with Gasteiger partial charge in [-0.2, -0.15) is 0 Å². The minimum absolute atomic E-state index is 0.447. The molecule has 0 unspecified atom stereocenters. The monoisotopic (exact) mass is 267 g/mol. The number of halogens is 2. The molecule has 0 spiro atoms. The van der Waals surface area contributed by atoms with Gasteiger partial charge in [0, 0.05) is 10.0 Å². The van der Waals surface area contributed by atoms with E-state index < -0.39 is 0 Å². The molecule has 2 nitrogen and oxygen atoms in total. The van der Waals surface area contributed by atoms with Gasteiger partial charge in [-0.3, -0.25) is 0 Å². The average Bonchev–Trinajstić information content (AvgIpc) is 2.30. The number of anilines is 1. The van der Waals surface area contributed by atoms with Crippen LogP contribution in [0.25, 0.3) is 0 Å². The molecule has 17 heavy (non-hydrogen) atoms. The van der Waals surface area contributed by atoms with Crippen LogP contribution in [-0.4, -0.2) is 0 Å². The molecule has 0 saturated heterocycles. The first-order valence-electron chi connectivity index (χ1n) is 5.07. The maximum absolute atomic E-state index is 5.80. The highest BCUT2D eigenvalue weighted by Gasteiger charge is 2.01. The topological polar surface area (TPSA) is 35.2 Å². The Morgan fingerprint density at radius 2 is 1.59 bits per heavy atom. The molecule has 2 aromatic carbocycles. The zero-order chi connectivity index (χ0) is 12.3. The standard InChI is InChI=1S/C13H11Cl2NO/c14-10-3-1-9(2-4-10)8-17-13-6-5-11(15)7-12(13)16/h1-7H,8,16H2. The lowest BCUT2D eigenvalue weighted by atomic mass is 10.2. The van der Waals surface area contributed by atoms with Crippen LogP contribution in [0, 0.1) is 0 Å². The van der Waals surface area contributed by atoms with Crippen LogP contribution in [0.15, 0.2) is 42.5 Å². The third-order valence-corrected chi connectivity index (χ3v) is 2.77. The van der Waals surface area contributed by atoms with Crippen LogP contribution < -0.4 is 10.5 Å². The lowest BCUT2D eigenvalue weighted by Crippen LogP contribution is -1.98. The van der Waals surface area contributed by atoms with Gasteiger partial charge in [-0.25, -0.2) is 0 Å². The van der Waals surface area contributed by atoms with E-state index in [1.807, 2.05) is 24.3 Å². The predicted molar refractivity (Wildman–Crippen MR) is 71.6 cm³/mol. The second kappa shape index (κ2) is 5.30. The van der Waals surface area contributed by atoms with Crippen molar-refractivity contribution in [3.8, 4) is 5.75 Å². The summed E-state index contributed by atoms with van der Waals surface area (Å²) in [5, 5.41) is 1.31. The van der Waals surface area contributed by atoms with Crippen LogP contribution in [0.5, 0.6) is 5.75 Å². The maximum atomic E-state index is 5.80. The summed E-state index contributed by atoms with van der Waals surface area (Å²) in [5.74, 6) is 0.629.